The number of hydrogen-bond donors (Lipinski definition) is 1. The Bertz CT molecular complexity index is 680. The minimum atomic E-state index is 0.130. The topological polar surface area (TPSA) is 29.1 Å². The molecule has 0 atom stereocenters. The Morgan fingerprint density at radius 2 is 1.56 bits per heavy atom. The molecule has 2 nitrogen and oxygen atoms in total. The molecule has 134 valence electrons. The highest BCUT2D eigenvalue weighted by Crippen LogP contribution is 2.16. The Morgan fingerprint density at radius 3 is 2.28 bits per heavy atom. The highest BCUT2D eigenvalue weighted by molar-refractivity contribution is 7.99. The molecule has 1 amide bonds. The minimum Gasteiger partial charge on any atom is -0.355 e. The van der Waals surface area contributed by atoms with Crippen LogP contribution < -0.4 is 5.32 Å². The predicted molar refractivity (Wildman–Crippen MR) is 112 cm³/mol. The van der Waals surface area contributed by atoms with Crippen molar-refractivity contribution >= 4 is 29.4 Å². The molecule has 0 radical (unpaired) electrons. The lowest BCUT2D eigenvalue weighted by molar-refractivity contribution is -0.118. The Hall–Kier alpha value is -1.39. The van der Waals surface area contributed by atoms with Gasteiger partial charge in [-0.25, -0.2) is 0 Å². The zero-order chi connectivity index (χ0) is 18.1. The van der Waals surface area contributed by atoms with Crippen molar-refractivity contribution in [2.45, 2.75) is 32.3 Å². The number of carbonyl (C=O) groups excluding carboxylic acids is 1. The highest BCUT2D eigenvalue weighted by Gasteiger charge is 2.03. The summed E-state index contributed by atoms with van der Waals surface area (Å²) < 4.78 is 0. The summed E-state index contributed by atoms with van der Waals surface area (Å²) in [7, 11) is 0. The van der Waals surface area contributed by atoms with Crippen LogP contribution in [-0.2, 0) is 16.3 Å². The number of benzene rings is 2. The largest absolute Gasteiger partial charge is 0.355 e. The van der Waals surface area contributed by atoms with Gasteiger partial charge in [-0.05, 0) is 31.9 Å². The number of rotatable bonds is 9. The maximum Gasteiger partial charge on any atom is 0.230 e. The maximum atomic E-state index is 11.9. The van der Waals surface area contributed by atoms with E-state index in [1.807, 2.05) is 11.8 Å². The van der Waals surface area contributed by atoms with Gasteiger partial charge in [-0.2, -0.15) is 11.8 Å². The molecule has 0 aliphatic heterocycles. The Morgan fingerprint density at radius 1 is 0.880 bits per heavy atom. The van der Waals surface area contributed by atoms with Gasteiger partial charge in [0.25, 0.3) is 0 Å². The van der Waals surface area contributed by atoms with E-state index in [4.69, 9.17) is 0 Å². The van der Waals surface area contributed by atoms with Crippen molar-refractivity contribution in [3.63, 3.8) is 0 Å². The van der Waals surface area contributed by atoms with E-state index in [9.17, 15) is 4.79 Å². The van der Waals surface area contributed by atoms with Gasteiger partial charge in [0, 0.05) is 23.8 Å². The minimum absolute atomic E-state index is 0.130. The number of thioether (sulfide) groups is 2. The zero-order valence-corrected chi connectivity index (χ0v) is 16.9. The van der Waals surface area contributed by atoms with Crippen LogP contribution in [0, 0.1) is 20.8 Å². The monoisotopic (exact) mass is 373 g/mol. The van der Waals surface area contributed by atoms with Crippen molar-refractivity contribution in [2.75, 3.05) is 18.1 Å². The second kappa shape index (κ2) is 10.6. The fourth-order valence-electron chi connectivity index (χ4n) is 2.72. The molecule has 0 aromatic heterocycles. The predicted octanol–water partition coefficient (Wildman–Crippen LogP) is 4.89. The first-order chi connectivity index (χ1) is 12.0. The molecule has 4 heteroatoms. The molecule has 2 aromatic carbocycles. The average molecular weight is 374 g/mol. The van der Waals surface area contributed by atoms with Gasteiger partial charge in [0.1, 0.15) is 0 Å². The van der Waals surface area contributed by atoms with Crippen molar-refractivity contribution in [1.82, 2.24) is 5.32 Å². The smallest absolute Gasteiger partial charge is 0.230 e. The van der Waals surface area contributed by atoms with Gasteiger partial charge in [0.15, 0.2) is 0 Å². The third-order valence-corrected chi connectivity index (χ3v) is 5.74. The Balaban J connectivity index is 1.56. The number of hydrogen-bond acceptors (Lipinski definition) is 3. The van der Waals surface area contributed by atoms with E-state index in [2.05, 4.69) is 68.6 Å². The molecule has 25 heavy (non-hydrogen) atoms. The molecule has 0 saturated carbocycles. The van der Waals surface area contributed by atoms with Gasteiger partial charge in [0.05, 0.1) is 5.75 Å². The normalized spacial score (nSPS) is 10.7. The number of amides is 1. The van der Waals surface area contributed by atoms with Crippen LogP contribution in [0.5, 0.6) is 0 Å². The summed E-state index contributed by atoms with van der Waals surface area (Å²) in [6.45, 7) is 7.08. The lowest BCUT2D eigenvalue weighted by Crippen LogP contribution is -2.27. The molecule has 2 rings (SSSR count). The van der Waals surface area contributed by atoms with Gasteiger partial charge < -0.3 is 5.32 Å². The van der Waals surface area contributed by atoms with Crippen molar-refractivity contribution in [1.29, 1.82) is 0 Å². The number of carbonyl (C=O) groups is 1. The van der Waals surface area contributed by atoms with Gasteiger partial charge in [-0.3, -0.25) is 4.79 Å². The summed E-state index contributed by atoms with van der Waals surface area (Å²) in [5.74, 6) is 3.49. The molecule has 1 N–H and O–H groups in total. The van der Waals surface area contributed by atoms with Gasteiger partial charge >= 0.3 is 0 Å². The number of aryl methyl sites for hydroxylation is 3. The second-order valence-corrected chi connectivity index (χ2v) is 8.47. The molecular formula is C21H27NOS2. The third-order valence-electron chi connectivity index (χ3n) is 3.70. The quantitative estimate of drug-likeness (QED) is 0.634. The molecule has 0 bridgehead atoms. The maximum absolute atomic E-state index is 11.9. The standard InChI is InChI=1S/C21H27NOS2/c1-16-5-4-6-19(10-16)13-24-8-7-22-21(23)15-25-14-20-11-17(2)9-18(3)12-20/h4-6,9-12H,7-8,13-15H2,1-3H3,(H,22,23). The fraction of sp³-hybridized carbons (Fsp3) is 0.381. The van der Waals surface area contributed by atoms with Gasteiger partial charge in [-0.1, -0.05) is 59.2 Å². The van der Waals surface area contributed by atoms with Crippen LogP contribution in [0.1, 0.15) is 27.8 Å². The molecule has 0 heterocycles. The Labute approximate surface area is 160 Å². The Kier molecular flexibility index (Phi) is 8.42. The molecule has 0 fully saturated rings. The SMILES string of the molecule is Cc1cccc(CSCCNC(=O)CSCc2cc(C)cc(C)c2)c1. The van der Waals surface area contributed by atoms with E-state index < -0.39 is 0 Å². The molecule has 0 spiro atoms. The lowest BCUT2D eigenvalue weighted by Gasteiger charge is -2.07. The number of nitrogens with one attached hydrogen (secondary N) is 1. The average Bonchev–Trinajstić information content (AvgIpc) is 2.53. The van der Waals surface area contributed by atoms with Gasteiger partial charge in [-0.15, -0.1) is 11.8 Å². The molecular weight excluding hydrogens is 346 g/mol. The van der Waals surface area contributed by atoms with E-state index >= 15 is 0 Å². The van der Waals surface area contributed by atoms with E-state index in [-0.39, 0.29) is 5.91 Å². The summed E-state index contributed by atoms with van der Waals surface area (Å²) in [6.07, 6.45) is 0. The van der Waals surface area contributed by atoms with Crippen LogP contribution in [0.15, 0.2) is 42.5 Å². The summed E-state index contributed by atoms with van der Waals surface area (Å²) in [5, 5.41) is 3.01. The van der Waals surface area contributed by atoms with Crippen molar-refractivity contribution in [2.24, 2.45) is 0 Å². The van der Waals surface area contributed by atoms with E-state index in [0.717, 1.165) is 23.8 Å². The second-order valence-electron chi connectivity index (χ2n) is 6.38. The fourth-order valence-corrected chi connectivity index (χ4v) is 4.32. The van der Waals surface area contributed by atoms with E-state index in [0.29, 0.717) is 5.75 Å². The van der Waals surface area contributed by atoms with Crippen LogP contribution in [0.3, 0.4) is 0 Å². The highest BCUT2D eigenvalue weighted by atomic mass is 32.2. The molecule has 0 unspecified atom stereocenters. The molecule has 0 aliphatic carbocycles. The summed E-state index contributed by atoms with van der Waals surface area (Å²) in [6, 6.07) is 15.1. The summed E-state index contributed by atoms with van der Waals surface area (Å²) in [4.78, 5) is 11.9. The summed E-state index contributed by atoms with van der Waals surface area (Å²) >= 11 is 3.53. The van der Waals surface area contributed by atoms with Crippen molar-refractivity contribution in [3.05, 3.63) is 70.3 Å². The van der Waals surface area contributed by atoms with E-state index in [1.54, 1.807) is 11.8 Å². The van der Waals surface area contributed by atoms with E-state index in [1.165, 1.54) is 27.8 Å². The van der Waals surface area contributed by atoms with Crippen LogP contribution >= 0.6 is 23.5 Å². The third kappa shape index (κ3) is 8.02. The van der Waals surface area contributed by atoms with Gasteiger partial charge in [0.2, 0.25) is 5.91 Å². The lowest BCUT2D eigenvalue weighted by atomic mass is 10.1. The van der Waals surface area contributed by atoms with Crippen LogP contribution in [-0.4, -0.2) is 24.0 Å². The van der Waals surface area contributed by atoms with Crippen molar-refractivity contribution < 1.29 is 4.79 Å². The first-order valence-electron chi connectivity index (χ1n) is 8.58. The van der Waals surface area contributed by atoms with Crippen LogP contribution in [0.2, 0.25) is 0 Å². The van der Waals surface area contributed by atoms with Crippen LogP contribution in [0.4, 0.5) is 0 Å². The van der Waals surface area contributed by atoms with Crippen LogP contribution in [0.25, 0.3) is 0 Å². The molecule has 0 aliphatic rings. The molecule has 2 aromatic rings. The van der Waals surface area contributed by atoms with Crippen molar-refractivity contribution in [3.8, 4) is 0 Å². The zero-order valence-electron chi connectivity index (χ0n) is 15.3. The first kappa shape index (κ1) is 19.9. The summed E-state index contributed by atoms with van der Waals surface area (Å²) in [5.41, 5.74) is 6.51. The molecule has 0 saturated heterocycles. The first-order valence-corrected chi connectivity index (χ1v) is 10.9.